The number of pyridine rings is 1. The summed E-state index contributed by atoms with van der Waals surface area (Å²) in [5.74, 6) is 0.134. The van der Waals surface area contributed by atoms with Gasteiger partial charge in [0, 0.05) is 19.1 Å². The zero-order valence-corrected chi connectivity index (χ0v) is 10.8. The minimum absolute atomic E-state index is 0.257. The number of hydrogen-bond acceptors (Lipinski definition) is 5. The predicted molar refractivity (Wildman–Crippen MR) is 71.5 cm³/mol. The fourth-order valence-corrected chi connectivity index (χ4v) is 2.21. The monoisotopic (exact) mass is 249 g/mol. The third-order valence-electron chi connectivity index (χ3n) is 3.35. The molecule has 6 heteroatoms. The zero-order valence-electron chi connectivity index (χ0n) is 10.8. The highest BCUT2D eigenvalue weighted by Gasteiger charge is 2.26. The molecule has 1 aromatic heterocycles. The van der Waals surface area contributed by atoms with Crippen molar-refractivity contribution in [1.82, 2.24) is 9.88 Å². The van der Waals surface area contributed by atoms with Crippen LogP contribution in [0.4, 0.5) is 11.5 Å². The van der Waals surface area contributed by atoms with E-state index in [1.54, 1.807) is 12.1 Å². The van der Waals surface area contributed by atoms with Crippen molar-refractivity contribution in [3.8, 4) is 0 Å². The van der Waals surface area contributed by atoms with Crippen molar-refractivity contribution in [1.29, 1.82) is 0 Å². The number of nitrogen functional groups attached to an aromatic ring is 1. The number of amides is 1. The molecule has 1 amide bonds. The van der Waals surface area contributed by atoms with Crippen LogP contribution in [-0.4, -0.2) is 49.0 Å². The maximum atomic E-state index is 11.1. The first kappa shape index (κ1) is 12.6. The van der Waals surface area contributed by atoms with Crippen LogP contribution in [0.1, 0.15) is 16.9 Å². The van der Waals surface area contributed by atoms with E-state index < -0.39 is 5.91 Å². The lowest BCUT2D eigenvalue weighted by atomic mass is 10.2. The molecule has 1 saturated heterocycles. The summed E-state index contributed by atoms with van der Waals surface area (Å²) in [6.45, 7) is 1.76. The molecule has 0 aromatic carbocycles. The Morgan fingerprint density at radius 2 is 2.22 bits per heavy atom. The van der Waals surface area contributed by atoms with Crippen molar-refractivity contribution in [2.75, 3.05) is 37.8 Å². The van der Waals surface area contributed by atoms with Crippen molar-refractivity contribution in [2.45, 2.75) is 12.5 Å². The normalized spacial score (nSPS) is 19.5. The number of likely N-dealkylation sites (N-methyl/N-ethyl adjacent to an activating group) is 1. The van der Waals surface area contributed by atoms with E-state index in [0.717, 1.165) is 19.5 Å². The van der Waals surface area contributed by atoms with E-state index >= 15 is 0 Å². The molecule has 4 N–H and O–H groups in total. The number of rotatable bonds is 3. The van der Waals surface area contributed by atoms with Crippen LogP contribution in [0.2, 0.25) is 0 Å². The van der Waals surface area contributed by atoms with Gasteiger partial charge in [0.1, 0.15) is 5.69 Å². The molecule has 0 bridgehead atoms. The van der Waals surface area contributed by atoms with E-state index in [0.29, 0.717) is 17.5 Å². The third kappa shape index (κ3) is 2.38. The number of carbonyl (C=O) groups is 1. The van der Waals surface area contributed by atoms with Gasteiger partial charge >= 0.3 is 0 Å². The molecule has 0 spiro atoms. The Hall–Kier alpha value is -1.82. The zero-order chi connectivity index (χ0) is 13.3. The first-order chi connectivity index (χ1) is 8.49. The van der Waals surface area contributed by atoms with Crippen molar-refractivity contribution in [3.63, 3.8) is 0 Å². The van der Waals surface area contributed by atoms with Gasteiger partial charge in [0.2, 0.25) is 0 Å². The Labute approximate surface area is 107 Å². The maximum Gasteiger partial charge on any atom is 0.267 e. The quantitative estimate of drug-likeness (QED) is 0.781. The molecule has 1 aromatic rings. The number of primary amides is 1. The standard InChI is InChI=1S/C12H19N5O/c1-16(2)8-5-6-17(7-8)12-9(13)3-4-10(15-12)11(14)18/h3-4,8H,5-7,13H2,1-2H3,(H2,14,18). The number of nitrogens with zero attached hydrogens (tertiary/aromatic N) is 3. The molecule has 0 saturated carbocycles. The largest absolute Gasteiger partial charge is 0.396 e. The average Bonchev–Trinajstić information content (AvgIpc) is 2.78. The molecule has 1 fully saturated rings. The summed E-state index contributed by atoms with van der Waals surface area (Å²) >= 11 is 0. The topological polar surface area (TPSA) is 88.5 Å². The van der Waals surface area contributed by atoms with E-state index in [-0.39, 0.29) is 5.69 Å². The molecule has 2 heterocycles. The fourth-order valence-electron chi connectivity index (χ4n) is 2.21. The summed E-state index contributed by atoms with van der Waals surface area (Å²) < 4.78 is 0. The Kier molecular flexibility index (Phi) is 3.38. The van der Waals surface area contributed by atoms with Crippen molar-refractivity contribution >= 4 is 17.4 Å². The van der Waals surface area contributed by atoms with Gasteiger partial charge in [-0.05, 0) is 32.6 Å². The summed E-state index contributed by atoms with van der Waals surface area (Å²) in [6.07, 6.45) is 1.06. The minimum atomic E-state index is -0.528. The van der Waals surface area contributed by atoms with Gasteiger partial charge < -0.3 is 21.3 Å². The Balaban J connectivity index is 2.23. The summed E-state index contributed by atoms with van der Waals surface area (Å²) in [5.41, 5.74) is 12.0. The molecule has 2 rings (SSSR count). The minimum Gasteiger partial charge on any atom is -0.396 e. The van der Waals surface area contributed by atoms with Crippen LogP contribution < -0.4 is 16.4 Å². The van der Waals surface area contributed by atoms with Gasteiger partial charge in [-0.2, -0.15) is 0 Å². The average molecular weight is 249 g/mol. The van der Waals surface area contributed by atoms with Gasteiger partial charge in [-0.15, -0.1) is 0 Å². The van der Waals surface area contributed by atoms with Crippen LogP contribution in [0.25, 0.3) is 0 Å². The number of carbonyl (C=O) groups excluding carboxylic acids is 1. The predicted octanol–water partition coefficient (Wildman–Crippen LogP) is -0.0970. The number of anilines is 2. The highest BCUT2D eigenvalue weighted by atomic mass is 16.1. The lowest BCUT2D eigenvalue weighted by Gasteiger charge is -2.22. The summed E-state index contributed by atoms with van der Waals surface area (Å²) in [6, 6.07) is 3.73. The van der Waals surface area contributed by atoms with Gasteiger partial charge in [-0.25, -0.2) is 4.98 Å². The second-order valence-electron chi connectivity index (χ2n) is 4.83. The van der Waals surface area contributed by atoms with E-state index in [9.17, 15) is 4.79 Å². The number of aromatic nitrogens is 1. The third-order valence-corrected chi connectivity index (χ3v) is 3.35. The second kappa shape index (κ2) is 4.81. The summed E-state index contributed by atoms with van der Waals surface area (Å²) in [5, 5.41) is 0. The van der Waals surface area contributed by atoms with E-state index in [2.05, 4.69) is 28.9 Å². The van der Waals surface area contributed by atoms with Crippen LogP contribution in [0.3, 0.4) is 0 Å². The van der Waals surface area contributed by atoms with Crippen molar-refractivity contribution in [3.05, 3.63) is 17.8 Å². The summed E-state index contributed by atoms with van der Waals surface area (Å²) in [4.78, 5) is 19.7. The van der Waals surface area contributed by atoms with Crippen LogP contribution in [0, 0.1) is 0 Å². The molecule has 1 unspecified atom stereocenters. The van der Waals surface area contributed by atoms with Gasteiger partial charge in [-0.3, -0.25) is 4.79 Å². The van der Waals surface area contributed by atoms with Gasteiger partial charge in [0.25, 0.3) is 5.91 Å². The van der Waals surface area contributed by atoms with Gasteiger partial charge in [0.15, 0.2) is 5.82 Å². The van der Waals surface area contributed by atoms with Crippen molar-refractivity contribution in [2.24, 2.45) is 5.73 Å². The first-order valence-corrected chi connectivity index (χ1v) is 5.96. The first-order valence-electron chi connectivity index (χ1n) is 5.96. The molecule has 98 valence electrons. The molecule has 6 nitrogen and oxygen atoms in total. The van der Waals surface area contributed by atoms with Gasteiger partial charge in [0.05, 0.1) is 5.69 Å². The van der Waals surface area contributed by atoms with E-state index in [4.69, 9.17) is 11.5 Å². The Bertz CT molecular complexity index is 460. The molecular weight excluding hydrogens is 230 g/mol. The van der Waals surface area contributed by atoms with E-state index in [1.165, 1.54) is 0 Å². The SMILES string of the molecule is CN(C)C1CCN(c2nc(C(N)=O)ccc2N)C1. The molecule has 18 heavy (non-hydrogen) atoms. The molecule has 1 aliphatic rings. The second-order valence-corrected chi connectivity index (χ2v) is 4.83. The van der Waals surface area contributed by atoms with Crippen LogP contribution >= 0.6 is 0 Å². The molecule has 0 aliphatic carbocycles. The number of hydrogen-bond donors (Lipinski definition) is 2. The summed E-state index contributed by atoms with van der Waals surface area (Å²) in [7, 11) is 4.12. The van der Waals surface area contributed by atoms with Crippen LogP contribution in [0.15, 0.2) is 12.1 Å². The van der Waals surface area contributed by atoms with Crippen LogP contribution in [-0.2, 0) is 0 Å². The fraction of sp³-hybridized carbons (Fsp3) is 0.500. The highest BCUT2D eigenvalue weighted by Crippen LogP contribution is 2.25. The smallest absolute Gasteiger partial charge is 0.267 e. The Morgan fingerprint density at radius 1 is 1.50 bits per heavy atom. The van der Waals surface area contributed by atoms with E-state index in [1.807, 2.05) is 0 Å². The molecule has 1 aliphatic heterocycles. The molecule has 0 radical (unpaired) electrons. The highest BCUT2D eigenvalue weighted by molar-refractivity contribution is 5.91. The molecule has 1 atom stereocenters. The van der Waals surface area contributed by atoms with Crippen molar-refractivity contribution < 1.29 is 4.79 Å². The van der Waals surface area contributed by atoms with Crippen LogP contribution in [0.5, 0.6) is 0 Å². The van der Waals surface area contributed by atoms with Gasteiger partial charge in [-0.1, -0.05) is 0 Å². The molecular formula is C12H19N5O. The maximum absolute atomic E-state index is 11.1. The lowest BCUT2D eigenvalue weighted by Crippen LogP contribution is -2.32. The Morgan fingerprint density at radius 3 is 2.78 bits per heavy atom. The lowest BCUT2D eigenvalue weighted by molar-refractivity contribution is 0.0995. The number of nitrogens with two attached hydrogens (primary N) is 2.